The third-order valence-electron chi connectivity index (χ3n) is 9.54. The molecule has 5 rings (SSSR count). The van der Waals surface area contributed by atoms with E-state index in [1.54, 1.807) is 6.92 Å². The van der Waals surface area contributed by atoms with E-state index in [-0.39, 0.29) is 17.1 Å². The molecule has 2 nitrogen and oxygen atoms in total. The molecule has 1 saturated heterocycles. The largest absolute Gasteiger partial charge is 0.357 e. The molecule has 0 aromatic rings. The van der Waals surface area contributed by atoms with E-state index in [1.807, 2.05) is 0 Å². The minimum Gasteiger partial charge on any atom is -0.357 e. The van der Waals surface area contributed by atoms with E-state index in [0.717, 1.165) is 30.1 Å². The molecular formula is C21H32O2. The zero-order valence-electron chi connectivity index (χ0n) is 15.1. The van der Waals surface area contributed by atoms with E-state index < -0.39 is 0 Å². The summed E-state index contributed by atoms with van der Waals surface area (Å²) < 4.78 is 6.04. The normalized spacial score (nSPS) is 60.2. The molecule has 8 unspecified atom stereocenters. The minimum absolute atomic E-state index is 0.128. The minimum atomic E-state index is -0.382. The molecule has 0 radical (unpaired) electrons. The third kappa shape index (κ3) is 1.58. The van der Waals surface area contributed by atoms with Crippen LogP contribution >= 0.6 is 0 Å². The molecule has 2 heteroatoms. The summed E-state index contributed by atoms with van der Waals surface area (Å²) in [5.41, 5.74) is 0.342. The van der Waals surface area contributed by atoms with E-state index >= 15 is 0 Å². The number of fused-ring (bicyclic) bond motifs is 7. The highest BCUT2D eigenvalue weighted by atomic mass is 16.6. The Bertz CT molecular complexity index is 556. The molecule has 1 aliphatic heterocycles. The summed E-state index contributed by atoms with van der Waals surface area (Å²) in [6.07, 6.45) is 12.7. The molecule has 0 aromatic heterocycles. The van der Waals surface area contributed by atoms with E-state index in [1.165, 1.54) is 51.4 Å². The highest BCUT2D eigenvalue weighted by Gasteiger charge is 2.79. The zero-order chi connectivity index (χ0) is 16.0. The Morgan fingerprint density at radius 3 is 2.61 bits per heavy atom. The first kappa shape index (κ1) is 14.9. The molecule has 23 heavy (non-hydrogen) atoms. The van der Waals surface area contributed by atoms with Crippen LogP contribution in [0.1, 0.15) is 78.6 Å². The number of hydrogen-bond donors (Lipinski definition) is 0. The van der Waals surface area contributed by atoms with Gasteiger partial charge in [-0.15, -0.1) is 0 Å². The lowest BCUT2D eigenvalue weighted by atomic mass is 9.44. The summed E-state index contributed by atoms with van der Waals surface area (Å²) in [6, 6.07) is 0. The first-order chi connectivity index (χ1) is 10.9. The molecule has 128 valence electrons. The van der Waals surface area contributed by atoms with Crippen LogP contribution in [-0.4, -0.2) is 17.5 Å². The summed E-state index contributed by atoms with van der Waals surface area (Å²) >= 11 is 0. The third-order valence-corrected chi connectivity index (χ3v) is 9.54. The number of carbonyl (C=O) groups is 1. The van der Waals surface area contributed by atoms with Crippen LogP contribution in [0, 0.1) is 34.5 Å². The van der Waals surface area contributed by atoms with Gasteiger partial charge in [-0.1, -0.05) is 26.7 Å². The summed E-state index contributed by atoms with van der Waals surface area (Å²) in [5, 5.41) is 0. The van der Waals surface area contributed by atoms with Gasteiger partial charge >= 0.3 is 0 Å². The standard InChI is InChI=1S/C21H32O2/c1-13(22)21-18(23-21)12-17-15-8-7-14-6-4-5-10-19(14,2)16(15)9-11-20(17,21)3/h14-18H,4-12H2,1-3H3. The van der Waals surface area contributed by atoms with Crippen LogP contribution in [0.4, 0.5) is 0 Å². The monoisotopic (exact) mass is 316 g/mol. The number of ether oxygens (including phenoxy) is 1. The Morgan fingerprint density at radius 2 is 1.83 bits per heavy atom. The van der Waals surface area contributed by atoms with Crippen LogP contribution in [0.5, 0.6) is 0 Å². The van der Waals surface area contributed by atoms with Crippen molar-refractivity contribution in [2.24, 2.45) is 34.5 Å². The van der Waals surface area contributed by atoms with Gasteiger partial charge in [0.15, 0.2) is 11.4 Å². The van der Waals surface area contributed by atoms with Gasteiger partial charge in [-0.25, -0.2) is 0 Å². The van der Waals surface area contributed by atoms with Gasteiger partial charge in [-0.3, -0.25) is 4.79 Å². The van der Waals surface area contributed by atoms with Gasteiger partial charge in [0, 0.05) is 5.41 Å². The molecule has 0 spiro atoms. The van der Waals surface area contributed by atoms with Crippen LogP contribution in [0.3, 0.4) is 0 Å². The van der Waals surface area contributed by atoms with Crippen molar-refractivity contribution in [1.82, 2.24) is 0 Å². The Labute approximate surface area is 140 Å². The van der Waals surface area contributed by atoms with Gasteiger partial charge < -0.3 is 4.74 Å². The molecule has 0 amide bonds. The fraction of sp³-hybridized carbons (Fsp3) is 0.952. The fourth-order valence-corrected chi connectivity index (χ4v) is 8.36. The zero-order valence-corrected chi connectivity index (χ0v) is 15.1. The average Bonchev–Trinajstić information content (AvgIpc) is 3.20. The predicted molar refractivity (Wildman–Crippen MR) is 90.0 cm³/mol. The van der Waals surface area contributed by atoms with Crippen LogP contribution in [0.2, 0.25) is 0 Å². The molecule has 1 heterocycles. The lowest BCUT2D eigenvalue weighted by molar-refractivity contribution is -0.146. The van der Waals surface area contributed by atoms with Crippen molar-refractivity contribution >= 4 is 5.78 Å². The first-order valence-corrected chi connectivity index (χ1v) is 10.1. The second-order valence-electron chi connectivity index (χ2n) is 9.99. The number of hydrogen-bond acceptors (Lipinski definition) is 2. The summed E-state index contributed by atoms with van der Waals surface area (Å²) in [5.74, 6) is 3.81. The molecular weight excluding hydrogens is 284 g/mol. The van der Waals surface area contributed by atoms with Crippen LogP contribution < -0.4 is 0 Å². The van der Waals surface area contributed by atoms with Crippen molar-refractivity contribution in [2.75, 3.05) is 0 Å². The van der Waals surface area contributed by atoms with E-state index in [2.05, 4.69) is 13.8 Å². The van der Waals surface area contributed by atoms with Crippen LogP contribution in [0.25, 0.3) is 0 Å². The van der Waals surface area contributed by atoms with Crippen molar-refractivity contribution in [3.63, 3.8) is 0 Å². The summed E-state index contributed by atoms with van der Waals surface area (Å²) in [4.78, 5) is 12.4. The van der Waals surface area contributed by atoms with Crippen molar-refractivity contribution in [2.45, 2.75) is 90.3 Å². The number of rotatable bonds is 1. The van der Waals surface area contributed by atoms with E-state index in [9.17, 15) is 4.79 Å². The summed E-state index contributed by atoms with van der Waals surface area (Å²) in [7, 11) is 0. The van der Waals surface area contributed by atoms with Gasteiger partial charge in [0.1, 0.15) is 0 Å². The van der Waals surface area contributed by atoms with E-state index in [4.69, 9.17) is 4.74 Å². The molecule has 0 aromatic carbocycles. The molecule has 0 N–H and O–H groups in total. The quantitative estimate of drug-likeness (QED) is 0.653. The lowest BCUT2D eigenvalue weighted by Crippen LogP contribution is -2.55. The summed E-state index contributed by atoms with van der Waals surface area (Å²) in [6.45, 7) is 6.81. The van der Waals surface area contributed by atoms with Gasteiger partial charge in [-0.2, -0.15) is 0 Å². The number of carbonyl (C=O) groups excluding carboxylic acids is 1. The highest BCUT2D eigenvalue weighted by molar-refractivity contribution is 5.90. The van der Waals surface area contributed by atoms with Crippen molar-refractivity contribution in [3.8, 4) is 0 Å². The maximum absolute atomic E-state index is 12.4. The Kier molecular flexibility index (Phi) is 2.87. The highest BCUT2D eigenvalue weighted by Crippen LogP contribution is 2.73. The second-order valence-corrected chi connectivity index (χ2v) is 9.99. The topological polar surface area (TPSA) is 29.6 Å². The molecule has 0 bridgehead atoms. The van der Waals surface area contributed by atoms with Crippen LogP contribution in [-0.2, 0) is 9.53 Å². The van der Waals surface area contributed by atoms with Crippen molar-refractivity contribution in [1.29, 1.82) is 0 Å². The smallest absolute Gasteiger partial charge is 0.164 e. The van der Waals surface area contributed by atoms with Crippen LogP contribution in [0.15, 0.2) is 0 Å². The molecule has 5 fully saturated rings. The molecule has 5 aliphatic rings. The number of Topliss-reactive ketones (excluding diaryl/α,β-unsaturated/α-hetero) is 1. The number of ketones is 1. The maximum Gasteiger partial charge on any atom is 0.164 e. The van der Waals surface area contributed by atoms with Crippen molar-refractivity contribution < 1.29 is 9.53 Å². The molecule has 4 saturated carbocycles. The average molecular weight is 316 g/mol. The van der Waals surface area contributed by atoms with Gasteiger partial charge in [0.2, 0.25) is 0 Å². The maximum atomic E-state index is 12.4. The predicted octanol–water partition coefficient (Wildman–Crippen LogP) is 4.76. The number of epoxide rings is 1. The molecule has 4 aliphatic carbocycles. The van der Waals surface area contributed by atoms with Gasteiger partial charge in [0.25, 0.3) is 0 Å². The SMILES string of the molecule is CC(=O)C12OC1CC1C3CCC4CCCCC4(C)C3CCC12C. The Morgan fingerprint density at radius 1 is 1.00 bits per heavy atom. The Hall–Kier alpha value is -0.370. The first-order valence-electron chi connectivity index (χ1n) is 10.1. The molecule has 8 atom stereocenters. The second kappa shape index (κ2) is 4.42. The van der Waals surface area contributed by atoms with E-state index in [0.29, 0.717) is 11.2 Å². The van der Waals surface area contributed by atoms with Crippen molar-refractivity contribution in [3.05, 3.63) is 0 Å². The fourth-order valence-electron chi connectivity index (χ4n) is 8.36. The Balaban J connectivity index is 1.49. The van der Waals surface area contributed by atoms with Gasteiger partial charge in [-0.05, 0) is 81.0 Å². The van der Waals surface area contributed by atoms with Gasteiger partial charge in [0.05, 0.1) is 6.10 Å². The lowest BCUT2D eigenvalue weighted by Gasteiger charge is -2.60.